The number of carboxylic acid groups (broad SMARTS) is 1. The minimum absolute atomic E-state index is 0.0244. The summed E-state index contributed by atoms with van der Waals surface area (Å²) in [5, 5.41) is 14.0. The predicted octanol–water partition coefficient (Wildman–Crippen LogP) is 3.23. The summed E-state index contributed by atoms with van der Waals surface area (Å²) in [6, 6.07) is 5.03. The normalized spacial score (nSPS) is 10.4. The lowest BCUT2D eigenvalue weighted by Crippen LogP contribution is -2.26. The Balaban J connectivity index is 1.92. The molecule has 1 aromatic heterocycles. The zero-order chi connectivity index (χ0) is 15.4. The van der Waals surface area contributed by atoms with Gasteiger partial charge in [-0.25, -0.2) is 9.78 Å². The Morgan fingerprint density at radius 2 is 2.19 bits per heavy atom. The van der Waals surface area contributed by atoms with E-state index in [1.165, 1.54) is 16.7 Å². The van der Waals surface area contributed by atoms with E-state index in [0.717, 1.165) is 4.47 Å². The average molecular weight is 390 g/mol. The maximum Gasteiger partial charge on any atom is 0.355 e. The molecule has 0 aliphatic rings. The molecule has 1 amide bonds. The van der Waals surface area contributed by atoms with Crippen molar-refractivity contribution in [3.8, 4) is 0 Å². The number of nitrogens with zero attached hydrogens (tertiary/aromatic N) is 1. The zero-order valence-electron chi connectivity index (χ0n) is 10.6. The van der Waals surface area contributed by atoms with Gasteiger partial charge in [-0.1, -0.05) is 27.5 Å². The summed E-state index contributed by atoms with van der Waals surface area (Å²) >= 11 is 10.5. The van der Waals surface area contributed by atoms with E-state index in [1.807, 2.05) is 0 Å². The van der Waals surface area contributed by atoms with E-state index in [2.05, 4.69) is 26.2 Å². The van der Waals surface area contributed by atoms with Crippen LogP contribution in [0.5, 0.6) is 0 Å². The van der Waals surface area contributed by atoms with E-state index in [4.69, 9.17) is 16.7 Å². The summed E-state index contributed by atoms with van der Waals surface area (Å²) in [4.78, 5) is 26.6. The third-order valence-corrected chi connectivity index (χ3v) is 4.30. The highest BCUT2D eigenvalue weighted by atomic mass is 79.9. The molecule has 0 saturated carbocycles. The fourth-order valence-electron chi connectivity index (χ4n) is 1.57. The molecule has 110 valence electrons. The molecule has 1 aromatic carbocycles. The third-order valence-electron chi connectivity index (χ3n) is 2.57. The molecule has 0 radical (unpaired) electrons. The molecule has 8 heteroatoms. The molecule has 0 fully saturated rings. The maximum atomic E-state index is 12.0. The molecule has 0 spiro atoms. The Labute approximate surface area is 138 Å². The maximum absolute atomic E-state index is 12.0. The SMILES string of the molecule is O=C(O)c1csc(CCNC(=O)c2cc(Br)ccc2Cl)n1. The minimum atomic E-state index is -1.05. The van der Waals surface area contributed by atoms with Crippen LogP contribution in [-0.4, -0.2) is 28.5 Å². The smallest absolute Gasteiger partial charge is 0.355 e. The molecular weight excluding hydrogens is 380 g/mol. The standard InChI is InChI=1S/C13H10BrClN2O3S/c14-7-1-2-9(15)8(5-7)12(18)16-4-3-11-17-10(6-21-11)13(19)20/h1-2,5-6H,3-4H2,(H,16,18)(H,19,20). The van der Waals surface area contributed by atoms with E-state index in [9.17, 15) is 9.59 Å². The summed E-state index contributed by atoms with van der Waals surface area (Å²) in [7, 11) is 0. The molecule has 0 bridgehead atoms. The van der Waals surface area contributed by atoms with Crippen LogP contribution in [0.1, 0.15) is 25.9 Å². The summed E-state index contributed by atoms with van der Waals surface area (Å²) < 4.78 is 0.767. The Bertz CT molecular complexity index is 690. The Hall–Kier alpha value is -1.44. The van der Waals surface area contributed by atoms with Crippen LogP contribution in [0.3, 0.4) is 0 Å². The van der Waals surface area contributed by atoms with Crippen LogP contribution < -0.4 is 5.32 Å². The third kappa shape index (κ3) is 4.26. The van der Waals surface area contributed by atoms with Crippen LogP contribution >= 0.6 is 38.9 Å². The first-order valence-electron chi connectivity index (χ1n) is 5.88. The highest BCUT2D eigenvalue weighted by Crippen LogP contribution is 2.20. The zero-order valence-corrected chi connectivity index (χ0v) is 13.8. The van der Waals surface area contributed by atoms with Gasteiger partial charge in [-0.2, -0.15) is 0 Å². The Morgan fingerprint density at radius 3 is 2.86 bits per heavy atom. The van der Waals surface area contributed by atoms with E-state index in [0.29, 0.717) is 28.6 Å². The molecule has 2 N–H and O–H groups in total. The van der Waals surface area contributed by atoms with Crippen molar-refractivity contribution in [2.75, 3.05) is 6.54 Å². The van der Waals surface area contributed by atoms with Crippen molar-refractivity contribution in [3.63, 3.8) is 0 Å². The highest BCUT2D eigenvalue weighted by Gasteiger charge is 2.12. The monoisotopic (exact) mass is 388 g/mol. The molecule has 0 saturated heterocycles. The number of halogens is 2. The topological polar surface area (TPSA) is 79.3 Å². The first kappa shape index (κ1) is 15.9. The van der Waals surface area contributed by atoms with Crippen molar-refractivity contribution in [2.45, 2.75) is 6.42 Å². The number of aromatic nitrogens is 1. The number of rotatable bonds is 5. The van der Waals surface area contributed by atoms with Crippen LogP contribution in [0, 0.1) is 0 Å². The number of carboxylic acids is 1. The van der Waals surface area contributed by atoms with Gasteiger partial charge in [0.1, 0.15) is 0 Å². The van der Waals surface area contributed by atoms with Gasteiger partial charge in [-0.3, -0.25) is 4.79 Å². The number of nitrogens with one attached hydrogen (secondary N) is 1. The Morgan fingerprint density at radius 1 is 1.43 bits per heavy atom. The number of hydrogen-bond donors (Lipinski definition) is 2. The number of carbonyl (C=O) groups excluding carboxylic acids is 1. The lowest BCUT2D eigenvalue weighted by Gasteiger charge is -2.06. The molecular formula is C13H10BrClN2O3S. The van der Waals surface area contributed by atoms with Gasteiger partial charge >= 0.3 is 5.97 Å². The average Bonchev–Trinajstić information content (AvgIpc) is 2.90. The summed E-state index contributed by atoms with van der Waals surface area (Å²) in [6.07, 6.45) is 0.468. The molecule has 0 aliphatic heterocycles. The number of hydrogen-bond acceptors (Lipinski definition) is 4. The minimum Gasteiger partial charge on any atom is -0.476 e. The largest absolute Gasteiger partial charge is 0.476 e. The van der Waals surface area contributed by atoms with Crippen molar-refractivity contribution in [1.82, 2.24) is 10.3 Å². The second-order valence-electron chi connectivity index (χ2n) is 4.06. The van der Waals surface area contributed by atoms with Crippen molar-refractivity contribution >= 4 is 50.7 Å². The van der Waals surface area contributed by atoms with E-state index in [-0.39, 0.29) is 11.6 Å². The van der Waals surface area contributed by atoms with E-state index in [1.54, 1.807) is 18.2 Å². The van der Waals surface area contributed by atoms with Gasteiger partial charge in [-0.15, -0.1) is 11.3 Å². The van der Waals surface area contributed by atoms with Crippen LogP contribution in [-0.2, 0) is 6.42 Å². The molecule has 5 nitrogen and oxygen atoms in total. The quantitative estimate of drug-likeness (QED) is 0.823. The van der Waals surface area contributed by atoms with Crippen LogP contribution in [0.25, 0.3) is 0 Å². The highest BCUT2D eigenvalue weighted by molar-refractivity contribution is 9.10. The summed E-state index contributed by atoms with van der Waals surface area (Å²) in [5.74, 6) is -1.33. The van der Waals surface area contributed by atoms with Crippen molar-refractivity contribution < 1.29 is 14.7 Å². The van der Waals surface area contributed by atoms with E-state index < -0.39 is 5.97 Å². The molecule has 2 aromatic rings. The fourth-order valence-corrected chi connectivity index (χ4v) is 2.91. The van der Waals surface area contributed by atoms with Gasteiger partial charge < -0.3 is 10.4 Å². The number of thiazole rings is 1. The molecule has 2 rings (SSSR count). The van der Waals surface area contributed by atoms with Gasteiger partial charge in [0.25, 0.3) is 5.91 Å². The second-order valence-corrected chi connectivity index (χ2v) is 6.33. The molecule has 1 heterocycles. The fraction of sp³-hybridized carbons (Fsp3) is 0.154. The number of aromatic carboxylic acids is 1. The molecule has 21 heavy (non-hydrogen) atoms. The van der Waals surface area contributed by atoms with Crippen molar-refractivity contribution in [3.05, 3.63) is 49.3 Å². The predicted molar refractivity (Wildman–Crippen MR) is 84.3 cm³/mol. The lowest BCUT2D eigenvalue weighted by molar-refractivity contribution is 0.0690. The summed E-state index contributed by atoms with van der Waals surface area (Å²) in [6.45, 7) is 0.355. The van der Waals surface area contributed by atoms with Gasteiger partial charge in [0.15, 0.2) is 5.69 Å². The molecule has 0 aliphatic carbocycles. The van der Waals surface area contributed by atoms with Gasteiger partial charge in [0.2, 0.25) is 0 Å². The second kappa shape index (κ2) is 7.02. The molecule has 0 unspecified atom stereocenters. The van der Waals surface area contributed by atoms with Crippen LogP contribution in [0.4, 0.5) is 0 Å². The first-order valence-corrected chi connectivity index (χ1v) is 7.93. The first-order chi connectivity index (χ1) is 9.97. The van der Waals surface area contributed by atoms with Crippen LogP contribution in [0.15, 0.2) is 28.1 Å². The lowest BCUT2D eigenvalue weighted by atomic mass is 10.2. The number of amides is 1. The molecule has 0 atom stereocenters. The number of carbonyl (C=O) groups is 2. The van der Waals surface area contributed by atoms with Crippen molar-refractivity contribution in [1.29, 1.82) is 0 Å². The van der Waals surface area contributed by atoms with Crippen molar-refractivity contribution in [2.24, 2.45) is 0 Å². The summed E-state index contributed by atoms with van der Waals surface area (Å²) in [5.41, 5.74) is 0.410. The van der Waals surface area contributed by atoms with Crippen LogP contribution in [0.2, 0.25) is 5.02 Å². The van der Waals surface area contributed by atoms with Gasteiger partial charge in [0.05, 0.1) is 15.6 Å². The van der Waals surface area contributed by atoms with Gasteiger partial charge in [-0.05, 0) is 18.2 Å². The van der Waals surface area contributed by atoms with E-state index >= 15 is 0 Å². The number of benzene rings is 1. The Kier molecular flexibility index (Phi) is 5.33. The van der Waals surface area contributed by atoms with Gasteiger partial charge in [0, 0.05) is 22.8 Å².